The summed E-state index contributed by atoms with van der Waals surface area (Å²) in [5.41, 5.74) is 2.61. The van der Waals surface area contributed by atoms with Crippen LogP contribution in [0.25, 0.3) is 0 Å². The van der Waals surface area contributed by atoms with E-state index in [-0.39, 0.29) is 0 Å². The van der Waals surface area contributed by atoms with Crippen LogP contribution >= 0.6 is 0 Å². The van der Waals surface area contributed by atoms with Crippen molar-refractivity contribution in [2.24, 2.45) is 0 Å². The second kappa shape index (κ2) is 10.9. The molecule has 0 spiro atoms. The van der Waals surface area contributed by atoms with Gasteiger partial charge in [0.05, 0.1) is 0 Å². The van der Waals surface area contributed by atoms with Gasteiger partial charge in [-0.3, -0.25) is 0 Å². The van der Waals surface area contributed by atoms with Gasteiger partial charge in [-0.1, -0.05) is 88.8 Å². The van der Waals surface area contributed by atoms with Crippen molar-refractivity contribution in [2.75, 3.05) is 4.90 Å². The molecule has 0 aliphatic carbocycles. The summed E-state index contributed by atoms with van der Waals surface area (Å²) in [7, 11) is 0. The van der Waals surface area contributed by atoms with Gasteiger partial charge in [-0.15, -0.1) is 0 Å². The summed E-state index contributed by atoms with van der Waals surface area (Å²) in [6.07, 6.45) is 10.7. The van der Waals surface area contributed by atoms with Crippen LogP contribution in [0.5, 0.6) is 0 Å². The number of nitrogens with zero attached hydrogens (tertiary/aromatic N) is 1. The molecule has 0 saturated carbocycles. The van der Waals surface area contributed by atoms with Crippen molar-refractivity contribution in [2.45, 2.75) is 71.3 Å². The summed E-state index contributed by atoms with van der Waals surface area (Å²) in [5.74, 6) is 0. The van der Waals surface area contributed by atoms with Crippen LogP contribution in [0.1, 0.15) is 65.2 Å². The Balaban J connectivity index is 2.04. The standard InChI is InChI=1S/C23H33N/c1-3-5-6-7-8-11-16-21(4-2)24(22-17-12-9-13-18-22)23-19-14-10-15-20-23/h9-10,12-15,17-21H,3-8,11,16H2,1-2H3. The van der Waals surface area contributed by atoms with Crippen molar-refractivity contribution in [1.82, 2.24) is 0 Å². The van der Waals surface area contributed by atoms with Crippen LogP contribution < -0.4 is 4.90 Å². The van der Waals surface area contributed by atoms with Gasteiger partial charge >= 0.3 is 0 Å². The van der Waals surface area contributed by atoms with E-state index in [0.717, 1.165) is 0 Å². The molecule has 0 bridgehead atoms. The quantitative estimate of drug-likeness (QED) is 0.391. The molecule has 24 heavy (non-hydrogen) atoms. The molecule has 2 aromatic rings. The van der Waals surface area contributed by atoms with Gasteiger partial charge in [-0.05, 0) is 37.1 Å². The molecule has 2 aromatic carbocycles. The Labute approximate surface area is 148 Å². The van der Waals surface area contributed by atoms with Crippen molar-refractivity contribution in [3.63, 3.8) is 0 Å². The average Bonchev–Trinajstić information content (AvgIpc) is 2.65. The van der Waals surface area contributed by atoms with E-state index in [9.17, 15) is 0 Å². The zero-order valence-corrected chi connectivity index (χ0v) is 15.5. The zero-order chi connectivity index (χ0) is 17.0. The van der Waals surface area contributed by atoms with E-state index in [4.69, 9.17) is 0 Å². The molecule has 2 rings (SSSR count). The van der Waals surface area contributed by atoms with Crippen LogP contribution in [0, 0.1) is 0 Å². The Bertz CT molecular complexity index is 495. The molecule has 0 aromatic heterocycles. The lowest BCUT2D eigenvalue weighted by Gasteiger charge is -2.33. The maximum Gasteiger partial charge on any atom is 0.0413 e. The highest BCUT2D eigenvalue weighted by molar-refractivity contribution is 5.63. The van der Waals surface area contributed by atoms with Crippen LogP contribution in [-0.4, -0.2) is 6.04 Å². The monoisotopic (exact) mass is 323 g/mol. The van der Waals surface area contributed by atoms with E-state index in [1.54, 1.807) is 0 Å². The van der Waals surface area contributed by atoms with Gasteiger partial charge < -0.3 is 4.90 Å². The number of hydrogen-bond donors (Lipinski definition) is 0. The fourth-order valence-electron chi connectivity index (χ4n) is 3.42. The Kier molecular flexibility index (Phi) is 8.45. The van der Waals surface area contributed by atoms with Gasteiger partial charge in [0.25, 0.3) is 0 Å². The predicted octanol–water partition coefficient (Wildman–Crippen LogP) is 7.35. The molecule has 0 amide bonds. The molecule has 1 unspecified atom stereocenters. The molecule has 1 nitrogen and oxygen atoms in total. The lowest BCUT2D eigenvalue weighted by molar-refractivity contribution is 0.519. The molecule has 0 heterocycles. The fourth-order valence-corrected chi connectivity index (χ4v) is 3.42. The van der Waals surface area contributed by atoms with Crippen LogP contribution in [0.2, 0.25) is 0 Å². The summed E-state index contributed by atoms with van der Waals surface area (Å²) in [5, 5.41) is 0. The van der Waals surface area contributed by atoms with Gasteiger partial charge in [0.2, 0.25) is 0 Å². The minimum absolute atomic E-state index is 0.570. The van der Waals surface area contributed by atoms with Crippen LogP contribution in [0.3, 0.4) is 0 Å². The van der Waals surface area contributed by atoms with Gasteiger partial charge in [0.15, 0.2) is 0 Å². The van der Waals surface area contributed by atoms with E-state index in [2.05, 4.69) is 79.4 Å². The highest BCUT2D eigenvalue weighted by Gasteiger charge is 2.18. The van der Waals surface area contributed by atoms with Gasteiger partial charge in [-0.2, -0.15) is 0 Å². The largest absolute Gasteiger partial charge is 0.338 e. The molecule has 0 N–H and O–H groups in total. The summed E-state index contributed by atoms with van der Waals surface area (Å²) < 4.78 is 0. The first-order valence-electron chi connectivity index (χ1n) is 9.76. The van der Waals surface area contributed by atoms with Crippen molar-refractivity contribution in [3.8, 4) is 0 Å². The predicted molar refractivity (Wildman–Crippen MR) is 107 cm³/mol. The summed E-state index contributed by atoms with van der Waals surface area (Å²) in [4.78, 5) is 2.53. The molecule has 0 saturated heterocycles. The topological polar surface area (TPSA) is 3.24 Å². The SMILES string of the molecule is CCCCCCCCC(CC)N(c1ccccc1)c1ccccc1. The number of rotatable bonds is 11. The van der Waals surface area contributed by atoms with E-state index < -0.39 is 0 Å². The number of para-hydroxylation sites is 2. The highest BCUT2D eigenvalue weighted by Crippen LogP contribution is 2.30. The maximum atomic E-state index is 2.53. The second-order valence-corrected chi connectivity index (χ2v) is 6.66. The number of unbranched alkanes of at least 4 members (excludes halogenated alkanes) is 5. The molecule has 1 heteroatoms. The van der Waals surface area contributed by atoms with Gasteiger partial charge in [0.1, 0.15) is 0 Å². The number of hydrogen-bond acceptors (Lipinski definition) is 1. The molecule has 0 aliphatic heterocycles. The van der Waals surface area contributed by atoms with E-state index in [1.807, 2.05) is 0 Å². The lowest BCUT2D eigenvalue weighted by Crippen LogP contribution is -2.30. The Morgan fingerprint density at radius 1 is 0.667 bits per heavy atom. The fraction of sp³-hybridized carbons (Fsp3) is 0.478. The first-order chi connectivity index (χ1) is 11.9. The van der Waals surface area contributed by atoms with Crippen LogP contribution in [0.15, 0.2) is 60.7 Å². The Hall–Kier alpha value is -1.76. The summed E-state index contributed by atoms with van der Waals surface area (Å²) in [6, 6.07) is 22.3. The van der Waals surface area contributed by atoms with Crippen LogP contribution in [-0.2, 0) is 0 Å². The third kappa shape index (κ3) is 5.70. The minimum atomic E-state index is 0.570. The second-order valence-electron chi connectivity index (χ2n) is 6.66. The van der Waals surface area contributed by atoms with E-state index in [0.29, 0.717) is 6.04 Å². The Morgan fingerprint density at radius 2 is 1.17 bits per heavy atom. The van der Waals surface area contributed by atoms with Crippen LogP contribution in [0.4, 0.5) is 11.4 Å². The normalized spacial score (nSPS) is 12.1. The first kappa shape index (κ1) is 18.6. The van der Waals surface area contributed by atoms with Crippen molar-refractivity contribution in [1.29, 1.82) is 0 Å². The molecule has 0 aliphatic rings. The lowest BCUT2D eigenvalue weighted by atomic mass is 10.0. The number of anilines is 2. The molecular formula is C23H33N. The van der Waals surface area contributed by atoms with Crippen molar-refractivity contribution in [3.05, 3.63) is 60.7 Å². The molecule has 0 fully saturated rings. The minimum Gasteiger partial charge on any atom is -0.338 e. The summed E-state index contributed by atoms with van der Waals surface area (Å²) in [6.45, 7) is 4.60. The van der Waals surface area contributed by atoms with E-state index in [1.165, 1.54) is 62.7 Å². The molecular weight excluding hydrogens is 290 g/mol. The Morgan fingerprint density at radius 3 is 1.67 bits per heavy atom. The smallest absolute Gasteiger partial charge is 0.0413 e. The molecule has 1 atom stereocenters. The summed E-state index contributed by atoms with van der Waals surface area (Å²) >= 11 is 0. The first-order valence-corrected chi connectivity index (χ1v) is 9.76. The maximum absolute atomic E-state index is 2.53. The number of benzene rings is 2. The van der Waals surface area contributed by atoms with Gasteiger partial charge in [-0.25, -0.2) is 0 Å². The average molecular weight is 324 g/mol. The highest BCUT2D eigenvalue weighted by atomic mass is 15.2. The van der Waals surface area contributed by atoms with E-state index >= 15 is 0 Å². The molecule has 0 radical (unpaired) electrons. The third-order valence-corrected chi connectivity index (χ3v) is 4.80. The molecule has 130 valence electrons. The van der Waals surface area contributed by atoms with Crippen molar-refractivity contribution >= 4 is 11.4 Å². The van der Waals surface area contributed by atoms with Gasteiger partial charge in [0, 0.05) is 17.4 Å². The third-order valence-electron chi connectivity index (χ3n) is 4.80. The van der Waals surface area contributed by atoms with Crippen molar-refractivity contribution < 1.29 is 0 Å². The zero-order valence-electron chi connectivity index (χ0n) is 15.5.